The van der Waals surface area contributed by atoms with Crippen LogP contribution in [0.5, 0.6) is 5.75 Å². The Morgan fingerprint density at radius 2 is 1.94 bits per heavy atom. The first-order chi connectivity index (χ1) is 14.8. The summed E-state index contributed by atoms with van der Waals surface area (Å²) in [5, 5.41) is 6.19. The Labute approximate surface area is 188 Å². The molecule has 1 N–H and O–H groups in total. The summed E-state index contributed by atoms with van der Waals surface area (Å²) in [4.78, 5) is 4.75. The highest BCUT2D eigenvalue weighted by molar-refractivity contribution is 7.88. The van der Waals surface area contributed by atoms with Crippen molar-refractivity contribution in [1.29, 1.82) is 0 Å². The highest BCUT2D eigenvalue weighted by Gasteiger charge is 2.28. The van der Waals surface area contributed by atoms with Crippen molar-refractivity contribution in [1.82, 2.24) is 9.29 Å². The van der Waals surface area contributed by atoms with Crippen molar-refractivity contribution < 1.29 is 13.2 Å². The molecule has 0 amide bonds. The summed E-state index contributed by atoms with van der Waals surface area (Å²) >= 11 is 6.19. The van der Waals surface area contributed by atoms with E-state index in [-0.39, 0.29) is 0 Å². The van der Waals surface area contributed by atoms with E-state index in [1.54, 1.807) is 11.4 Å². The monoisotopic (exact) mass is 461 g/mol. The largest absolute Gasteiger partial charge is 0.497 e. The van der Waals surface area contributed by atoms with Gasteiger partial charge in [0, 0.05) is 35.4 Å². The highest BCUT2D eigenvalue weighted by Crippen LogP contribution is 2.34. The molecule has 3 aromatic rings. The van der Waals surface area contributed by atoms with Gasteiger partial charge in [0.05, 0.1) is 30.1 Å². The topological polar surface area (TPSA) is 71.5 Å². The molecule has 0 radical (unpaired) electrons. The van der Waals surface area contributed by atoms with Gasteiger partial charge in [-0.2, -0.15) is 0 Å². The van der Waals surface area contributed by atoms with Gasteiger partial charge in [-0.1, -0.05) is 11.6 Å². The average Bonchev–Trinajstić information content (AvgIpc) is 3.55. The quantitative estimate of drug-likeness (QED) is 0.343. The number of rotatable bonds is 10. The Hall–Kier alpha value is -2.09. The van der Waals surface area contributed by atoms with Gasteiger partial charge in [0.15, 0.2) is 0 Å². The van der Waals surface area contributed by atoms with E-state index in [0.717, 1.165) is 65.5 Å². The lowest BCUT2D eigenvalue weighted by Gasteiger charge is -2.20. The summed E-state index contributed by atoms with van der Waals surface area (Å²) in [6, 6.07) is 11.5. The van der Waals surface area contributed by atoms with Crippen molar-refractivity contribution in [2.75, 3.05) is 38.3 Å². The molecule has 0 atom stereocenters. The molecule has 4 rings (SSSR count). The van der Waals surface area contributed by atoms with Crippen LogP contribution >= 0.6 is 11.6 Å². The number of unbranched alkanes of at least 4 members (excludes halogenated alkanes) is 1. The van der Waals surface area contributed by atoms with E-state index in [4.69, 9.17) is 21.3 Å². The third kappa shape index (κ3) is 5.40. The molecule has 1 aliphatic rings. The summed E-state index contributed by atoms with van der Waals surface area (Å²) < 4.78 is 31.1. The van der Waals surface area contributed by atoms with E-state index in [0.29, 0.717) is 24.0 Å². The molecule has 0 spiro atoms. The number of aromatic nitrogens is 1. The third-order valence-corrected chi connectivity index (χ3v) is 7.21. The van der Waals surface area contributed by atoms with Gasteiger partial charge in [-0.15, -0.1) is 0 Å². The van der Waals surface area contributed by atoms with Crippen molar-refractivity contribution >= 4 is 49.1 Å². The number of nitrogens with one attached hydrogen (secondary N) is 1. The first-order valence-electron chi connectivity index (χ1n) is 10.6. The van der Waals surface area contributed by atoms with Gasteiger partial charge in [0.25, 0.3) is 0 Å². The molecule has 1 fully saturated rings. The van der Waals surface area contributed by atoms with E-state index >= 15 is 0 Å². The van der Waals surface area contributed by atoms with E-state index < -0.39 is 10.0 Å². The minimum Gasteiger partial charge on any atom is -0.497 e. The van der Waals surface area contributed by atoms with Crippen LogP contribution in [0.1, 0.15) is 25.7 Å². The van der Waals surface area contributed by atoms with E-state index in [2.05, 4.69) is 5.32 Å². The van der Waals surface area contributed by atoms with Gasteiger partial charge in [0.2, 0.25) is 10.0 Å². The highest BCUT2D eigenvalue weighted by atomic mass is 35.5. The average molecular weight is 462 g/mol. The maximum absolute atomic E-state index is 12.0. The first-order valence-corrected chi connectivity index (χ1v) is 12.8. The molecule has 0 bridgehead atoms. The summed E-state index contributed by atoms with van der Waals surface area (Å²) in [5.74, 6) is 1.32. The predicted molar refractivity (Wildman–Crippen MR) is 128 cm³/mol. The summed E-state index contributed by atoms with van der Waals surface area (Å²) in [6.07, 6.45) is 5.26. The van der Waals surface area contributed by atoms with E-state index in [1.165, 1.54) is 6.26 Å². The van der Waals surface area contributed by atoms with Gasteiger partial charge in [-0.3, -0.25) is 0 Å². The molecule has 1 heterocycles. The Bertz CT molecular complexity index is 1200. The molecule has 1 saturated carbocycles. The van der Waals surface area contributed by atoms with E-state index in [9.17, 15) is 8.42 Å². The fraction of sp³-hybridized carbons (Fsp3) is 0.435. The summed E-state index contributed by atoms with van der Waals surface area (Å²) in [6.45, 7) is 1.96. The number of hydrogen-bond donors (Lipinski definition) is 1. The lowest BCUT2D eigenvalue weighted by atomic mass is 10.1. The summed E-state index contributed by atoms with van der Waals surface area (Å²) in [7, 11) is -1.50. The van der Waals surface area contributed by atoms with Crippen molar-refractivity contribution in [3.8, 4) is 5.75 Å². The third-order valence-electron chi connectivity index (χ3n) is 5.71. The zero-order chi connectivity index (χ0) is 22.0. The van der Waals surface area contributed by atoms with Crippen LogP contribution in [0.15, 0.2) is 36.4 Å². The smallest absolute Gasteiger partial charge is 0.211 e. The molecule has 8 heteroatoms. The number of sulfonamides is 1. The standard InChI is InChI=1S/C23H28ClN3O3S/c1-30-18-8-10-21-20(14-18)23(19-9-7-17(24)13-22(19)26-21)25-11-3-4-12-27(31(2,28)29)15-16-5-6-16/h7-10,13-14,16H,3-6,11-12,15H2,1-2H3,(H,25,26). The molecule has 6 nitrogen and oxygen atoms in total. The molecule has 2 aromatic carbocycles. The van der Waals surface area contributed by atoms with Crippen molar-refractivity contribution in [3.05, 3.63) is 41.4 Å². The number of halogens is 1. The minimum absolute atomic E-state index is 0.546. The second-order valence-corrected chi connectivity index (χ2v) is 10.6. The van der Waals surface area contributed by atoms with Crippen LogP contribution in [-0.4, -0.2) is 50.7 Å². The van der Waals surface area contributed by atoms with Crippen molar-refractivity contribution in [2.24, 2.45) is 5.92 Å². The Kier molecular flexibility index (Phi) is 6.55. The lowest BCUT2D eigenvalue weighted by Crippen LogP contribution is -2.33. The van der Waals surface area contributed by atoms with Crippen LogP contribution in [0.3, 0.4) is 0 Å². The molecule has 166 valence electrons. The fourth-order valence-corrected chi connectivity index (χ4v) is 4.93. The second kappa shape index (κ2) is 9.18. The zero-order valence-electron chi connectivity index (χ0n) is 17.9. The number of ether oxygens (including phenoxy) is 1. The predicted octanol–water partition coefficient (Wildman–Crippen LogP) is 4.91. The second-order valence-electron chi connectivity index (χ2n) is 8.23. The maximum Gasteiger partial charge on any atom is 0.211 e. The van der Waals surface area contributed by atoms with Gasteiger partial charge in [-0.25, -0.2) is 17.7 Å². The van der Waals surface area contributed by atoms with Crippen LogP contribution < -0.4 is 10.1 Å². The SMILES string of the molecule is COc1ccc2nc3cc(Cl)ccc3c(NCCCCN(CC3CC3)S(C)(=O)=O)c2c1. The minimum atomic E-state index is -3.15. The number of anilines is 1. The van der Waals surface area contributed by atoms with Gasteiger partial charge in [0.1, 0.15) is 5.75 Å². The van der Waals surface area contributed by atoms with Crippen molar-refractivity contribution in [2.45, 2.75) is 25.7 Å². The molecule has 0 saturated heterocycles. The van der Waals surface area contributed by atoms with Crippen LogP contribution in [0.4, 0.5) is 5.69 Å². The zero-order valence-corrected chi connectivity index (χ0v) is 19.5. The van der Waals surface area contributed by atoms with Gasteiger partial charge < -0.3 is 10.1 Å². The first kappa shape index (κ1) is 22.1. The Balaban J connectivity index is 1.50. The number of hydrogen-bond acceptors (Lipinski definition) is 5. The molecule has 0 unspecified atom stereocenters. The lowest BCUT2D eigenvalue weighted by molar-refractivity contribution is 0.391. The van der Waals surface area contributed by atoms with Crippen LogP contribution in [0, 0.1) is 5.92 Å². The molecule has 31 heavy (non-hydrogen) atoms. The molecule has 1 aromatic heterocycles. The molecular weight excluding hydrogens is 434 g/mol. The van der Waals surface area contributed by atoms with Gasteiger partial charge >= 0.3 is 0 Å². The number of fused-ring (bicyclic) bond motifs is 2. The Morgan fingerprint density at radius 1 is 1.13 bits per heavy atom. The van der Waals surface area contributed by atoms with Crippen LogP contribution in [0.2, 0.25) is 5.02 Å². The van der Waals surface area contributed by atoms with Gasteiger partial charge in [-0.05, 0) is 68.0 Å². The Morgan fingerprint density at radius 3 is 2.65 bits per heavy atom. The molecular formula is C23H28ClN3O3S. The number of methoxy groups -OCH3 is 1. The number of pyridine rings is 1. The number of benzene rings is 2. The van der Waals surface area contributed by atoms with Crippen LogP contribution in [0.25, 0.3) is 21.8 Å². The van der Waals surface area contributed by atoms with Crippen LogP contribution in [-0.2, 0) is 10.0 Å². The van der Waals surface area contributed by atoms with E-state index in [1.807, 2.05) is 36.4 Å². The maximum atomic E-state index is 12.0. The molecule has 0 aliphatic heterocycles. The molecule has 1 aliphatic carbocycles. The fourth-order valence-electron chi connectivity index (χ4n) is 3.82. The van der Waals surface area contributed by atoms with Crippen molar-refractivity contribution in [3.63, 3.8) is 0 Å². The number of nitrogens with zero attached hydrogens (tertiary/aromatic N) is 2. The summed E-state index contributed by atoms with van der Waals surface area (Å²) in [5.41, 5.74) is 2.69. The normalized spacial score (nSPS) is 14.5.